The van der Waals surface area contributed by atoms with Crippen LogP contribution in [0.15, 0.2) is 30.3 Å². The standard InChI is InChI=1S/C14H20N2O2/c1-3-15-14(18)11-16(2)10-13(17)9-12-7-5-4-6-8-12/h4-8H,3,9-11H2,1-2H3,(H,15,18). The predicted octanol–water partition coefficient (Wildman–Crippen LogP) is 0.866. The number of hydrogen-bond acceptors (Lipinski definition) is 3. The van der Waals surface area contributed by atoms with E-state index < -0.39 is 0 Å². The van der Waals surface area contributed by atoms with Crippen molar-refractivity contribution in [3.05, 3.63) is 35.9 Å². The maximum absolute atomic E-state index is 11.8. The van der Waals surface area contributed by atoms with E-state index in [4.69, 9.17) is 0 Å². The Balaban J connectivity index is 2.34. The van der Waals surface area contributed by atoms with Crippen LogP contribution in [0.3, 0.4) is 0 Å². The summed E-state index contributed by atoms with van der Waals surface area (Å²) in [6, 6.07) is 9.63. The summed E-state index contributed by atoms with van der Waals surface area (Å²) < 4.78 is 0. The fourth-order valence-electron chi connectivity index (χ4n) is 1.73. The van der Waals surface area contributed by atoms with Crippen molar-refractivity contribution in [1.29, 1.82) is 0 Å². The first-order valence-electron chi connectivity index (χ1n) is 6.12. The van der Waals surface area contributed by atoms with Crippen molar-refractivity contribution in [3.63, 3.8) is 0 Å². The molecule has 1 aromatic carbocycles. The lowest BCUT2D eigenvalue weighted by Crippen LogP contribution is -2.37. The summed E-state index contributed by atoms with van der Waals surface area (Å²) >= 11 is 0. The Morgan fingerprint density at radius 3 is 2.44 bits per heavy atom. The number of nitrogens with one attached hydrogen (secondary N) is 1. The molecule has 0 aliphatic carbocycles. The van der Waals surface area contributed by atoms with Crippen molar-refractivity contribution < 1.29 is 9.59 Å². The average Bonchev–Trinajstić information content (AvgIpc) is 2.29. The number of ketones is 1. The van der Waals surface area contributed by atoms with Crippen LogP contribution in [0.1, 0.15) is 12.5 Å². The molecule has 0 spiro atoms. The lowest BCUT2D eigenvalue weighted by Gasteiger charge is -2.14. The topological polar surface area (TPSA) is 49.4 Å². The molecule has 0 bridgehead atoms. The van der Waals surface area contributed by atoms with E-state index in [1.54, 1.807) is 11.9 Å². The molecule has 1 amide bonds. The SMILES string of the molecule is CCNC(=O)CN(C)CC(=O)Cc1ccccc1. The van der Waals surface area contributed by atoms with Gasteiger partial charge in [-0.3, -0.25) is 14.5 Å². The van der Waals surface area contributed by atoms with Gasteiger partial charge in [0.2, 0.25) is 5.91 Å². The summed E-state index contributed by atoms with van der Waals surface area (Å²) in [5.41, 5.74) is 1.01. The maximum atomic E-state index is 11.8. The molecule has 0 saturated heterocycles. The van der Waals surface area contributed by atoms with Crippen LogP contribution in [-0.2, 0) is 16.0 Å². The molecule has 4 nitrogen and oxygen atoms in total. The summed E-state index contributed by atoms with van der Waals surface area (Å²) in [5, 5.41) is 2.71. The van der Waals surface area contributed by atoms with Crippen molar-refractivity contribution in [2.45, 2.75) is 13.3 Å². The number of nitrogens with zero attached hydrogens (tertiary/aromatic N) is 1. The largest absolute Gasteiger partial charge is 0.355 e. The molecule has 0 heterocycles. The molecule has 4 heteroatoms. The molecule has 1 N–H and O–H groups in total. The molecule has 0 aliphatic rings. The number of hydrogen-bond donors (Lipinski definition) is 1. The average molecular weight is 248 g/mol. The van der Waals surface area contributed by atoms with Crippen molar-refractivity contribution in [1.82, 2.24) is 10.2 Å². The van der Waals surface area contributed by atoms with Gasteiger partial charge in [0.05, 0.1) is 13.1 Å². The number of Topliss-reactive ketones (excluding diaryl/α,β-unsaturated/α-hetero) is 1. The Kier molecular flexibility index (Phi) is 6.08. The van der Waals surface area contributed by atoms with Crippen LogP contribution in [0, 0.1) is 0 Å². The number of carbonyl (C=O) groups excluding carboxylic acids is 2. The van der Waals surface area contributed by atoms with Gasteiger partial charge in [-0.1, -0.05) is 30.3 Å². The third-order valence-electron chi connectivity index (χ3n) is 2.48. The number of likely N-dealkylation sites (N-methyl/N-ethyl adjacent to an activating group) is 2. The van der Waals surface area contributed by atoms with Gasteiger partial charge in [-0.2, -0.15) is 0 Å². The van der Waals surface area contributed by atoms with Crippen molar-refractivity contribution in [2.24, 2.45) is 0 Å². The van der Waals surface area contributed by atoms with Crippen LogP contribution < -0.4 is 5.32 Å². The highest BCUT2D eigenvalue weighted by Gasteiger charge is 2.10. The third-order valence-corrected chi connectivity index (χ3v) is 2.48. The monoisotopic (exact) mass is 248 g/mol. The van der Waals surface area contributed by atoms with Gasteiger partial charge in [0, 0.05) is 13.0 Å². The van der Waals surface area contributed by atoms with E-state index in [1.165, 1.54) is 0 Å². The highest BCUT2D eigenvalue weighted by atomic mass is 16.2. The van der Waals surface area contributed by atoms with Gasteiger partial charge in [-0.25, -0.2) is 0 Å². The van der Waals surface area contributed by atoms with E-state index in [9.17, 15) is 9.59 Å². The zero-order valence-corrected chi connectivity index (χ0v) is 11.0. The fraction of sp³-hybridized carbons (Fsp3) is 0.429. The van der Waals surface area contributed by atoms with Gasteiger partial charge in [0.25, 0.3) is 0 Å². The zero-order chi connectivity index (χ0) is 13.4. The first-order valence-corrected chi connectivity index (χ1v) is 6.12. The zero-order valence-electron chi connectivity index (χ0n) is 11.0. The highest BCUT2D eigenvalue weighted by molar-refractivity contribution is 5.84. The summed E-state index contributed by atoms with van der Waals surface area (Å²) in [5.74, 6) is 0.0699. The predicted molar refractivity (Wildman–Crippen MR) is 71.3 cm³/mol. The van der Waals surface area contributed by atoms with Crippen LogP contribution in [-0.4, -0.2) is 43.3 Å². The Bertz CT molecular complexity index is 390. The highest BCUT2D eigenvalue weighted by Crippen LogP contribution is 2.00. The van der Waals surface area contributed by atoms with Gasteiger partial charge in [-0.15, -0.1) is 0 Å². The van der Waals surface area contributed by atoms with Crippen LogP contribution in [0.5, 0.6) is 0 Å². The molecule has 0 saturated carbocycles. The maximum Gasteiger partial charge on any atom is 0.234 e. The molecule has 0 fully saturated rings. The summed E-state index contributed by atoms with van der Waals surface area (Å²) in [4.78, 5) is 24.9. The van der Waals surface area contributed by atoms with E-state index in [0.29, 0.717) is 19.5 Å². The van der Waals surface area contributed by atoms with Crippen molar-refractivity contribution in [3.8, 4) is 0 Å². The van der Waals surface area contributed by atoms with Gasteiger partial charge in [-0.05, 0) is 19.5 Å². The van der Waals surface area contributed by atoms with E-state index in [2.05, 4.69) is 5.32 Å². The number of amides is 1. The molecule has 18 heavy (non-hydrogen) atoms. The molecular formula is C14H20N2O2. The minimum absolute atomic E-state index is 0.0486. The lowest BCUT2D eigenvalue weighted by molar-refractivity contribution is -0.123. The third kappa shape index (κ3) is 5.59. The molecule has 1 aromatic rings. The fourth-order valence-corrected chi connectivity index (χ4v) is 1.73. The van der Waals surface area contributed by atoms with E-state index in [-0.39, 0.29) is 18.2 Å². The minimum atomic E-state index is -0.0486. The Labute approximate surface area is 108 Å². The van der Waals surface area contributed by atoms with Crippen molar-refractivity contribution in [2.75, 3.05) is 26.7 Å². The molecule has 1 rings (SSSR count). The van der Waals surface area contributed by atoms with Crippen LogP contribution >= 0.6 is 0 Å². The molecule has 0 aliphatic heterocycles. The number of benzene rings is 1. The van der Waals surface area contributed by atoms with Crippen LogP contribution in [0.2, 0.25) is 0 Å². The molecule has 0 unspecified atom stereocenters. The second kappa shape index (κ2) is 7.61. The van der Waals surface area contributed by atoms with Gasteiger partial charge in [0.15, 0.2) is 5.78 Å². The lowest BCUT2D eigenvalue weighted by atomic mass is 10.1. The number of rotatable bonds is 7. The number of carbonyl (C=O) groups is 2. The van der Waals surface area contributed by atoms with Crippen LogP contribution in [0.25, 0.3) is 0 Å². The summed E-state index contributed by atoms with van der Waals surface area (Å²) in [6.07, 6.45) is 0.417. The first kappa shape index (κ1) is 14.4. The smallest absolute Gasteiger partial charge is 0.234 e. The quantitative estimate of drug-likeness (QED) is 0.779. The van der Waals surface area contributed by atoms with E-state index >= 15 is 0 Å². The minimum Gasteiger partial charge on any atom is -0.355 e. The Morgan fingerprint density at radius 1 is 1.17 bits per heavy atom. The molecule has 98 valence electrons. The summed E-state index contributed by atoms with van der Waals surface area (Å²) in [6.45, 7) is 3.05. The Morgan fingerprint density at radius 2 is 1.83 bits per heavy atom. The molecule has 0 atom stereocenters. The molecule has 0 aromatic heterocycles. The van der Waals surface area contributed by atoms with Crippen molar-refractivity contribution >= 4 is 11.7 Å². The van der Waals surface area contributed by atoms with E-state index in [1.807, 2.05) is 37.3 Å². The molecular weight excluding hydrogens is 228 g/mol. The Hall–Kier alpha value is -1.68. The van der Waals surface area contributed by atoms with Gasteiger partial charge in [0.1, 0.15) is 0 Å². The normalized spacial score (nSPS) is 10.4. The second-order valence-corrected chi connectivity index (χ2v) is 4.33. The van der Waals surface area contributed by atoms with E-state index in [0.717, 1.165) is 5.56 Å². The van der Waals surface area contributed by atoms with Crippen LogP contribution in [0.4, 0.5) is 0 Å². The first-order chi connectivity index (χ1) is 8.61. The second-order valence-electron chi connectivity index (χ2n) is 4.33. The molecule has 0 radical (unpaired) electrons. The van der Waals surface area contributed by atoms with Gasteiger partial charge >= 0.3 is 0 Å². The summed E-state index contributed by atoms with van der Waals surface area (Å²) in [7, 11) is 1.78. The van der Waals surface area contributed by atoms with Gasteiger partial charge < -0.3 is 5.32 Å².